The first-order chi connectivity index (χ1) is 19.3. The monoisotopic (exact) mass is 504 g/mol. The van der Waals surface area contributed by atoms with Gasteiger partial charge in [0.15, 0.2) is 5.76 Å². The van der Waals surface area contributed by atoms with Crippen LogP contribution < -0.4 is 10.2 Å². The lowest BCUT2D eigenvalue weighted by Gasteiger charge is -2.35. The molecule has 39 heavy (non-hydrogen) atoms. The molecule has 7 aromatic rings. The minimum Gasteiger partial charge on any atom is -0.456 e. The van der Waals surface area contributed by atoms with Gasteiger partial charge in [0.05, 0.1) is 16.8 Å². The van der Waals surface area contributed by atoms with Crippen LogP contribution in [-0.4, -0.2) is 6.17 Å². The zero-order valence-electron chi connectivity index (χ0n) is 21.0. The second kappa shape index (κ2) is 8.67. The van der Waals surface area contributed by atoms with Crippen LogP contribution in [-0.2, 0) is 0 Å². The molecule has 1 unspecified atom stereocenters. The molecule has 0 fully saturated rings. The number of anilines is 3. The lowest BCUT2D eigenvalue weighted by Crippen LogP contribution is -2.37. The first-order valence-corrected chi connectivity index (χ1v) is 13.1. The summed E-state index contributed by atoms with van der Waals surface area (Å²) >= 11 is 0. The van der Waals surface area contributed by atoms with Crippen LogP contribution in [0.4, 0.5) is 17.1 Å². The number of hydrogen-bond donors (Lipinski definition) is 1. The van der Waals surface area contributed by atoms with E-state index in [1.807, 2.05) is 42.5 Å². The average Bonchev–Trinajstić information content (AvgIpc) is 3.57. The second-order valence-corrected chi connectivity index (χ2v) is 9.82. The molecule has 1 aliphatic heterocycles. The van der Waals surface area contributed by atoms with Crippen molar-refractivity contribution in [2.24, 2.45) is 0 Å². The summed E-state index contributed by atoms with van der Waals surface area (Å²) in [5, 5.41) is 7.06. The number of hydrogen-bond acceptors (Lipinski definition) is 4. The van der Waals surface area contributed by atoms with Crippen LogP contribution in [0, 0.1) is 0 Å². The van der Waals surface area contributed by atoms with E-state index in [0.29, 0.717) is 0 Å². The topological polar surface area (TPSA) is 41.6 Å². The van der Waals surface area contributed by atoms with Crippen molar-refractivity contribution in [3.05, 3.63) is 133 Å². The van der Waals surface area contributed by atoms with Crippen LogP contribution in [0.3, 0.4) is 0 Å². The third kappa shape index (κ3) is 3.53. The van der Waals surface area contributed by atoms with E-state index in [-0.39, 0.29) is 6.17 Å². The van der Waals surface area contributed by atoms with Crippen molar-refractivity contribution < 1.29 is 8.83 Å². The molecule has 1 aliphatic rings. The highest BCUT2D eigenvalue weighted by Crippen LogP contribution is 2.43. The number of benzene rings is 5. The van der Waals surface area contributed by atoms with E-state index < -0.39 is 0 Å². The molecule has 1 atom stereocenters. The first-order valence-electron chi connectivity index (χ1n) is 13.1. The molecule has 0 saturated carbocycles. The van der Waals surface area contributed by atoms with E-state index in [1.165, 1.54) is 11.1 Å². The number of para-hydroxylation sites is 2. The van der Waals surface area contributed by atoms with E-state index in [2.05, 4.69) is 101 Å². The number of furan rings is 2. The molecule has 5 aromatic carbocycles. The SMILES string of the molecule is C1=CC(N(c2ccc(-c3ccccc3)cc2)c2cccc3oc4ccccc4c23)Nc2c1oc1ccccc21. The average molecular weight is 505 g/mol. The Morgan fingerprint density at radius 1 is 0.564 bits per heavy atom. The molecule has 186 valence electrons. The van der Waals surface area contributed by atoms with Crippen LogP contribution in [0.2, 0.25) is 0 Å². The molecule has 4 heteroatoms. The zero-order chi connectivity index (χ0) is 25.8. The third-order valence-corrected chi connectivity index (χ3v) is 7.52. The van der Waals surface area contributed by atoms with Crippen LogP contribution in [0.5, 0.6) is 0 Å². The van der Waals surface area contributed by atoms with Gasteiger partial charge in [-0.05, 0) is 65.7 Å². The minimum absolute atomic E-state index is 0.152. The van der Waals surface area contributed by atoms with Crippen molar-refractivity contribution in [2.45, 2.75) is 6.17 Å². The summed E-state index contributed by atoms with van der Waals surface area (Å²) in [6, 6.07) is 41.9. The molecular weight excluding hydrogens is 480 g/mol. The van der Waals surface area contributed by atoms with Crippen LogP contribution in [0.25, 0.3) is 50.1 Å². The molecule has 3 heterocycles. The van der Waals surface area contributed by atoms with Crippen LogP contribution in [0.15, 0.2) is 136 Å². The largest absolute Gasteiger partial charge is 0.456 e. The third-order valence-electron chi connectivity index (χ3n) is 7.52. The molecular formula is C35H24N2O2. The quantitative estimate of drug-likeness (QED) is 0.259. The highest BCUT2D eigenvalue weighted by molar-refractivity contribution is 6.12. The summed E-state index contributed by atoms with van der Waals surface area (Å²) in [4.78, 5) is 2.35. The lowest BCUT2D eigenvalue weighted by atomic mass is 10.0. The van der Waals surface area contributed by atoms with Gasteiger partial charge >= 0.3 is 0 Å². The normalized spacial score (nSPS) is 14.5. The van der Waals surface area contributed by atoms with Crippen molar-refractivity contribution in [3.63, 3.8) is 0 Å². The molecule has 0 saturated heterocycles. The Kier molecular flexibility index (Phi) is 4.85. The van der Waals surface area contributed by atoms with Gasteiger partial charge in [-0.2, -0.15) is 0 Å². The van der Waals surface area contributed by atoms with Crippen LogP contribution in [0.1, 0.15) is 5.76 Å². The fourth-order valence-electron chi connectivity index (χ4n) is 5.71. The molecule has 8 rings (SSSR count). The number of rotatable bonds is 4. The van der Waals surface area contributed by atoms with Gasteiger partial charge in [-0.1, -0.05) is 78.9 Å². The number of fused-ring (bicyclic) bond motifs is 6. The molecule has 0 spiro atoms. The molecule has 1 N–H and O–H groups in total. The molecule has 2 aromatic heterocycles. The predicted molar refractivity (Wildman–Crippen MR) is 160 cm³/mol. The Morgan fingerprint density at radius 2 is 1.23 bits per heavy atom. The first kappa shape index (κ1) is 21.8. The summed E-state index contributed by atoms with van der Waals surface area (Å²) in [6.45, 7) is 0. The van der Waals surface area contributed by atoms with Gasteiger partial charge in [0.25, 0.3) is 0 Å². The van der Waals surface area contributed by atoms with Gasteiger partial charge in [0.1, 0.15) is 22.9 Å². The van der Waals surface area contributed by atoms with Gasteiger partial charge in [-0.3, -0.25) is 0 Å². The molecule has 0 radical (unpaired) electrons. The second-order valence-electron chi connectivity index (χ2n) is 9.82. The summed E-state index contributed by atoms with van der Waals surface area (Å²) in [5.74, 6) is 0.846. The summed E-state index contributed by atoms with van der Waals surface area (Å²) in [5.41, 5.74) is 8.16. The Bertz CT molecular complexity index is 2000. The highest BCUT2D eigenvalue weighted by atomic mass is 16.3. The Labute approximate surface area is 225 Å². The standard InChI is InChI=1S/C35H24N2O2/c1-2-9-23(10-3-1)24-17-19-25(20-18-24)37(28-13-8-16-31-34(28)26-11-4-6-14-29(26)38-31)33-22-21-32-35(36-33)27-12-5-7-15-30(27)39-32/h1-22,33,36H. The zero-order valence-corrected chi connectivity index (χ0v) is 21.0. The molecule has 0 bridgehead atoms. The molecule has 4 nitrogen and oxygen atoms in total. The number of nitrogens with one attached hydrogen (secondary N) is 1. The summed E-state index contributed by atoms with van der Waals surface area (Å²) < 4.78 is 12.4. The highest BCUT2D eigenvalue weighted by Gasteiger charge is 2.27. The van der Waals surface area contributed by atoms with Crippen molar-refractivity contribution in [3.8, 4) is 11.1 Å². The van der Waals surface area contributed by atoms with E-state index in [0.717, 1.165) is 55.7 Å². The van der Waals surface area contributed by atoms with E-state index in [1.54, 1.807) is 0 Å². The van der Waals surface area contributed by atoms with E-state index in [9.17, 15) is 0 Å². The molecule has 0 aliphatic carbocycles. The van der Waals surface area contributed by atoms with E-state index in [4.69, 9.17) is 8.83 Å². The lowest BCUT2D eigenvalue weighted by molar-refractivity contribution is 0.602. The fraction of sp³-hybridized carbons (Fsp3) is 0.0286. The molecule has 0 amide bonds. The van der Waals surface area contributed by atoms with Gasteiger partial charge in [-0.15, -0.1) is 0 Å². The Hall–Kier alpha value is -5.22. The smallest absolute Gasteiger partial charge is 0.151 e. The van der Waals surface area contributed by atoms with Gasteiger partial charge in [-0.25, -0.2) is 0 Å². The predicted octanol–water partition coefficient (Wildman–Crippen LogP) is 9.60. The van der Waals surface area contributed by atoms with Crippen molar-refractivity contribution in [1.82, 2.24) is 0 Å². The summed E-state index contributed by atoms with van der Waals surface area (Å²) in [7, 11) is 0. The maximum atomic E-state index is 6.26. The van der Waals surface area contributed by atoms with E-state index >= 15 is 0 Å². The van der Waals surface area contributed by atoms with Crippen molar-refractivity contribution >= 4 is 56.0 Å². The summed E-state index contributed by atoms with van der Waals surface area (Å²) in [6.07, 6.45) is 4.09. The van der Waals surface area contributed by atoms with Gasteiger partial charge < -0.3 is 19.1 Å². The van der Waals surface area contributed by atoms with Gasteiger partial charge in [0, 0.05) is 16.5 Å². The van der Waals surface area contributed by atoms with Crippen molar-refractivity contribution in [2.75, 3.05) is 10.2 Å². The Morgan fingerprint density at radius 3 is 2.05 bits per heavy atom. The van der Waals surface area contributed by atoms with Crippen LogP contribution >= 0.6 is 0 Å². The van der Waals surface area contributed by atoms with Gasteiger partial charge in [0.2, 0.25) is 0 Å². The minimum atomic E-state index is -0.152. The fourth-order valence-corrected chi connectivity index (χ4v) is 5.71. The maximum Gasteiger partial charge on any atom is 0.151 e. The number of nitrogens with zero attached hydrogens (tertiary/aromatic N) is 1. The van der Waals surface area contributed by atoms with Crippen molar-refractivity contribution in [1.29, 1.82) is 0 Å². The Balaban J connectivity index is 1.31. The maximum absolute atomic E-state index is 6.26.